The third kappa shape index (κ3) is 4.92. The topological polar surface area (TPSA) is 94.6 Å². The van der Waals surface area contributed by atoms with Crippen LogP contribution in [-0.2, 0) is 11.3 Å². The molecule has 0 aliphatic carbocycles. The highest BCUT2D eigenvalue weighted by molar-refractivity contribution is 5.90. The molecule has 2 N–H and O–H groups in total. The number of carbonyl (C=O) groups is 1. The van der Waals surface area contributed by atoms with E-state index in [1.165, 1.54) is 0 Å². The van der Waals surface area contributed by atoms with E-state index in [-0.39, 0.29) is 19.3 Å². The summed E-state index contributed by atoms with van der Waals surface area (Å²) in [4.78, 5) is 12.0. The third-order valence-corrected chi connectivity index (χ3v) is 4.23. The van der Waals surface area contributed by atoms with Gasteiger partial charge >= 0.3 is 0 Å². The lowest BCUT2D eigenvalue weighted by Gasteiger charge is -2.08. The second kappa shape index (κ2) is 8.47. The maximum atomic E-state index is 12.0. The highest BCUT2D eigenvalue weighted by Crippen LogP contribution is 2.32. The second-order valence-electron chi connectivity index (χ2n) is 6.49. The Kier molecular flexibility index (Phi) is 5.42. The van der Waals surface area contributed by atoms with Crippen LogP contribution in [0.15, 0.2) is 54.6 Å². The van der Waals surface area contributed by atoms with Crippen molar-refractivity contribution in [3.05, 3.63) is 65.7 Å². The Labute approximate surface area is 167 Å². The number of carbonyl (C=O) groups excluding carboxylic acids is 1. The highest BCUT2D eigenvalue weighted by Gasteiger charge is 2.13. The molecule has 0 unspecified atom stereocenters. The Hall–Kier alpha value is -3.81. The predicted octanol–water partition coefficient (Wildman–Crippen LogP) is 3.14. The summed E-state index contributed by atoms with van der Waals surface area (Å²) < 4.78 is 16.1. The molecule has 0 saturated carbocycles. The summed E-state index contributed by atoms with van der Waals surface area (Å²) in [6, 6.07) is 16.7. The first-order valence-corrected chi connectivity index (χ1v) is 9.11. The molecule has 0 bridgehead atoms. The van der Waals surface area contributed by atoms with Gasteiger partial charge in [0.1, 0.15) is 11.6 Å². The zero-order valence-electron chi connectivity index (χ0n) is 15.8. The van der Waals surface area contributed by atoms with Crippen LogP contribution in [0, 0.1) is 6.92 Å². The number of fused-ring (bicyclic) bond motifs is 1. The largest absolute Gasteiger partial charge is 0.484 e. The van der Waals surface area contributed by atoms with Crippen LogP contribution in [0.3, 0.4) is 0 Å². The van der Waals surface area contributed by atoms with Crippen molar-refractivity contribution in [2.24, 2.45) is 0 Å². The van der Waals surface area contributed by atoms with Crippen LogP contribution in [0.2, 0.25) is 0 Å². The second-order valence-corrected chi connectivity index (χ2v) is 6.49. The fourth-order valence-corrected chi connectivity index (χ4v) is 2.70. The number of amides is 1. The fraction of sp³-hybridized carbons (Fsp3) is 0.190. The first kappa shape index (κ1) is 18.5. The molecule has 2 aromatic carbocycles. The van der Waals surface area contributed by atoms with Crippen LogP contribution in [0.1, 0.15) is 11.1 Å². The third-order valence-electron chi connectivity index (χ3n) is 4.23. The minimum Gasteiger partial charge on any atom is -0.484 e. The van der Waals surface area contributed by atoms with Gasteiger partial charge in [0.05, 0.1) is 0 Å². The Bertz CT molecular complexity index is 991. The summed E-state index contributed by atoms with van der Waals surface area (Å²) in [5.41, 5.74) is 2.16. The van der Waals surface area contributed by atoms with E-state index >= 15 is 0 Å². The molecule has 1 aliphatic rings. The van der Waals surface area contributed by atoms with Crippen molar-refractivity contribution in [3.8, 4) is 17.2 Å². The molecule has 0 radical (unpaired) electrons. The predicted molar refractivity (Wildman–Crippen MR) is 107 cm³/mol. The average Bonchev–Trinajstić information content (AvgIpc) is 3.21. The minimum atomic E-state index is -0.305. The van der Waals surface area contributed by atoms with Gasteiger partial charge in [0, 0.05) is 6.54 Å². The summed E-state index contributed by atoms with van der Waals surface area (Å²) in [6.07, 6.45) is 0. The van der Waals surface area contributed by atoms with Gasteiger partial charge < -0.3 is 24.8 Å². The quantitative estimate of drug-likeness (QED) is 0.638. The van der Waals surface area contributed by atoms with E-state index in [1.807, 2.05) is 49.4 Å². The molecule has 2 heterocycles. The normalized spacial score (nSPS) is 11.8. The molecule has 29 heavy (non-hydrogen) atoms. The summed E-state index contributed by atoms with van der Waals surface area (Å²) >= 11 is 0. The number of nitrogens with one attached hydrogen (secondary N) is 2. The van der Waals surface area contributed by atoms with Gasteiger partial charge in [0.2, 0.25) is 6.79 Å². The number of aryl methyl sites for hydroxylation is 1. The van der Waals surface area contributed by atoms with Crippen LogP contribution >= 0.6 is 0 Å². The molecular formula is C21H20N4O4. The monoisotopic (exact) mass is 392 g/mol. The number of aromatic nitrogens is 2. The fourth-order valence-electron chi connectivity index (χ4n) is 2.70. The van der Waals surface area contributed by atoms with Crippen molar-refractivity contribution in [1.29, 1.82) is 0 Å². The number of hydrogen-bond donors (Lipinski definition) is 2. The molecule has 1 amide bonds. The van der Waals surface area contributed by atoms with Crippen molar-refractivity contribution in [2.75, 3.05) is 24.0 Å². The summed E-state index contributed by atoms with van der Waals surface area (Å²) in [7, 11) is 0. The molecule has 1 aliphatic heterocycles. The smallest absolute Gasteiger partial charge is 0.263 e. The van der Waals surface area contributed by atoms with Crippen molar-refractivity contribution in [3.63, 3.8) is 0 Å². The lowest BCUT2D eigenvalue weighted by Crippen LogP contribution is -2.21. The van der Waals surface area contributed by atoms with Gasteiger partial charge in [0.15, 0.2) is 23.9 Å². The molecule has 148 valence electrons. The molecule has 4 rings (SSSR count). The Morgan fingerprint density at radius 2 is 1.76 bits per heavy atom. The highest BCUT2D eigenvalue weighted by atomic mass is 16.7. The Balaban J connectivity index is 1.25. The maximum Gasteiger partial charge on any atom is 0.263 e. The van der Waals surface area contributed by atoms with E-state index in [2.05, 4.69) is 20.8 Å². The summed E-state index contributed by atoms with van der Waals surface area (Å²) in [5, 5.41) is 13.9. The van der Waals surface area contributed by atoms with Gasteiger partial charge in [-0.25, -0.2) is 0 Å². The molecule has 8 heteroatoms. The van der Waals surface area contributed by atoms with E-state index in [1.54, 1.807) is 12.1 Å². The molecule has 0 spiro atoms. The lowest BCUT2D eigenvalue weighted by molar-refractivity contribution is -0.118. The first-order valence-electron chi connectivity index (χ1n) is 9.11. The maximum absolute atomic E-state index is 12.0. The minimum absolute atomic E-state index is 0.102. The van der Waals surface area contributed by atoms with Gasteiger partial charge in [0.25, 0.3) is 5.91 Å². The molecule has 1 aromatic heterocycles. The molecule has 0 saturated heterocycles. The van der Waals surface area contributed by atoms with Crippen LogP contribution in [0.4, 0.5) is 11.6 Å². The van der Waals surface area contributed by atoms with Crippen LogP contribution in [-0.4, -0.2) is 29.5 Å². The van der Waals surface area contributed by atoms with Gasteiger partial charge in [-0.2, -0.15) is 0 Å². The van der Waals surface area contributed by atoms with Gasteiger partial charge in [-0.15, -0.1) is 10.2 Å². The van der Waals surface area contributed by atoms with E-state index < -0.39 is 0 Å². The van der Waals surface area contributed by atoms with E-state index in [0.717, 1.165) is 22.6 Å². The molecule has 3 aromatic rings. The van der Waals surface area contributed by atoms with Gasteiger partial charge in [-0.1, -0.05) is 23.8 Å². The number of anilines is 2. The van der Waals surface area contributed by atoms with Crippen molar-refractivity contribution in [1.82, 2.24) is 10.2 Å². The zero-order valence-corrected chi connectivity index (χ0v) is 15.8. The van der Waals surface area contributed by atoms with E-state index in [4.69, 9.17) is 14.2 Å². The van der Waals surface area contributed by atoms with Crippen molar-refractivity contribution < 1.29 is 19.0 Å². The number of benzene rings is 2. The number of rotatable bonds is 7. The molecular weight excluding hydrogens is 372 g/mol. The van der Waals surface area contributed by atoms with Crippen LogP contribution in [0.5, 0.6) is 17.2 Å². The van der Waals surface area contributed by atoms with Gasteiger partial charge in [-0.05, 0) is 48.9 Å². The lowest BCUT2D eigenvalue weighted by atomic mass is 10.2. The SMILES string of the molecule is Cc1ccc(OCC(=O)Nc2ccc(NCc3ccc4c(c3)OCO4)nn2)cc1. The summed E-state index contributed by atoms with van der Waals surface area (Å²) in [5.74, 6) is 2.77. The van der Waals surface area contributed by atoms with E-state index in [0.29, 0.717) is 23.9 Å². The van der Waals surface area contributed by atoms with E-state index in [9.17, 15) is 4.79 Å². The van der Waals surface area contributed by atoms with Crippen molar-refractivity contribution >= 4 is 17.5 Å². The first-order chi connectivity index (χ1) is 14.2. The zero-order chi connectivity index (χ0) is 20.1. The van der Waals surface area contributed by atoms with Crippen LogP contribution < -0.4 is 24.8 Å². The number of nitrogens with zero attached hydrogens (tertiary/aromatic N) is 2. The molecule has 0 atom stereocenters. The molecule has 0 fully saturated rings. The van der Waals surface area contributed by atoms with Crippen LogP contribution in [0.25, 0.3) is 0 Å². The summed E-state index contributed by atoms with van der Waals surface area (Å²) in [6.45, 7) is 2.69. The Morgan fingerprint density at radius 3 is 2.55 bits per heavy atom. The average molecular weight is 392 g/mol. The molecule has 8 nitrogen and oxygen atoms in total. The number of ether oxygens (including phenoxy) is 3. The number of hydrogen-bond acceptors (Lipinski definition) is 7. The Morgan fingerprint density at radius 1 is 1.00 bits per heavy atom. The van der Waals surface area contributed by atoms with Gasteiger partial charge in [-0.3, -0.25) is 4.79 Å². The standard InChI is InChI=1S/C21H20N4O4/c1-14-2-5-16(6-3-14)27-12-21(26)23-20-9-8-19(24-25-20)22-11-15-4-7-17-18(10-15)29-13-28-17/h2-10H,11-13H2,1H3,(H,22,24)(H,23,25,26). The van der Waals surface area contributed by atoms with Crippen molar-refractivity contribution in [2.45, 2.75) is 13.5 Å².